The lowest BCUT2D eigenvalue weighted by Crippen LogP contribution is -2.51. The van der Waals surface area contributed by atoms with Gasteiger partial charge in [0.1, 0.15) is 5.75 Å². The molecule has 1 aromatic carbocycles. The molecule has 1 atom stereocenters. The molecular weight excluding hydrogens is 272 g/mol. The Balaban J connectivity index is 1.81. The van der Waals surface area contributed by atoms with Crippen molar-refractivity contribution in [3.8, 4) is 5.75 Å². The largest absolute Gasteiger partial charge is 0.497 e. The summed E-state index contributed by atoms with van der Waals surface area (Å²) >= 11 is 0. The third-order valence-electron chi connectivity index (χ3n) is 3.53. The average Bonchev–Trinajstić information content (AvgIpc) is 2.53. The molecule has 0 radical (unpaired) electrons. The van der Waals surface area contributed by atoms with Crippen molar-refractivity contribution in [1.82, 2.24) is 10.2 Å². The summed E-state index contributed by atoms with van der Waals surface area (Å²) < 4.78 is 10.4. The molecule has 2 rings (SSSR count). The fraction of sp³-hybridized carbons (Fsp3) is 0.533. The van der Waals surface area contributed by atoms with E-state index < -0.39 is 0 Å². The summed E-state index contributed by atoms with van der Waals surface area (Å²) in [6.07, 6.45) is 0. The number of carbonyl (C=O) groups is 1. The molecule has 116 valence electrons. The van der Waals surface area contributed by atoms with Crippen molar-refractivity contribution in [2.45, 2.75) is 12.6 Å². The van der Waals surface area contributed by atoms with Crippen LogP contribution >= 0.6 is 0 Å². The van der Waals surface area contributed by atoms with Crippen LogP contribution in [-0.2, 0) is 16.1 Å². The minimum Gasteiger partial charge on any atom is -0.497 e. The summed E-state index contributed by atoms with van der Waals surface area (Å²) in [6.45, 7) is 2.48. The molecule has 1 aliphatic rings. The molecule has 6 heteroatoms. The molecule has 1 unspecified atom stereocenters. The minimum atomic E-state index is -0.0960. The summed E-state index contributed by atoms with van der Waals surface area (Å²) in [6, 6.07) is 7.50. The van der Waals surface area contributed by atoms with Gasteiger partial charge in [-0.15, -0.1) is 0 Å². The van der Waals surface area contributed by atoms with Crippen LogP contribution in [0, 0.1) is 0 Å². The number of nitrogens with zero attached hydrogens (tertiary/aromatic N) is 1. The molecule has 21 heavy (non-hydrogen) atoms. The van der Waals surface area contributed by atoms with E-state index >= 15 is 0 Å². The highest BCUT2D eigenvalue weighted by Crippen LogP contribution is 2.12. The van der Waals surface area contributed by atoms with Gasteiger partial charge in [-0.2, -0.15) is 0 Å². The highest BCUT2D eigenvalue weighted by molar-refractivity contribution is 5.78. The number of morpholine rings is 1. The van der Waals surface area contributed by atoms with Crippen LogP contribution in [0.25, 0.3) is 0 Å². The van der Waals surface area contributed by atoms with Crippen molar-refractivity contribution in [3.05, 3.63) is 29.8 Å². The second-order valence-electron chi connectivity index (χ2n) is 5.01. The van der Waals surface area contributed by atoms with Gasteiger partial charge < -0.3 is 19.9 Å². The van der Waals surface area contributed by atoms with E-state index in [0.717, 1.165) is 11.3 Å². The summed E-state index contributed by atoms with van der Waals surface area (Å²) in [7, 11) is 1.62. The molecule has 1 aromatic rings. The molecular formula is C15H22N2O4. The number of benzene rings is 1. The van der Waals surface area contributed by atoms with Crippen LogP contribution < -0.4 is 10.1 Å². The number of methoxy groups -OCH3 is 1. The van der Waals surface area contributed by atoms with Crippen LogP contribution in [0.4, 0.5) is 0 Å². The van der Waals surface area contributed by atoms with Gasteiger partial charge in [-0.3, -0.25) is 9.69 Å². The van der Waals surface area contributed by atoms with Crippen LogP contribution in [0.1, 0.15) is 5.56 Å². The molecule has 1 saturated heterocycles. The maximum absolute atomic E-state index is 12.0. The average molecular weight is 294 g/mol. The zero-order valence-electron chi connectivity index (χ0n) is 12.2. The van der Waals surface area contributed by atoms with E-state index in [4.69, 9.17) is 9.47 Å². The highest BCUT2D eigenvalue weighted by atomic mass is 16.5. The topological polar surface area (TPSA) is 71.0 Å². The van der Waals surface area contributed by atoms with Gasteiger partial charge in [-0.05, 0) is 17.7 Å². The van der Waals surface area contributed by atoms with Gasteiger partial charge in [0.25, 0.3) is 0 Å². The summed E-state index contributed by atoms with van der Waals surface area (Å²) in [4.78, 5) is 13.9. The Bertz CT molecular complexity index is 467. The first-order valence-electron chi connectivity index (χ1n) is 7.05. The Morgan fingerprint density at radius 3 is 3.19 bits per heavy atom. The maximum atomic E-state index is 12.0. The van der Waals surface area contributed by atoms with E-state index in [0.29, 0.717) is 26.3 Å². The molecule has 2 N–H and O–H groups in total. The minimum absolute atomic E-state index is 0.00314. The van der Waals surface area contributed by atoms with Crippen molar-refractivity contribution >= 4 is 5.91 Å². The number of amides is 1. The van der Waals surface area contributed by atoms with Crippen LogP contribution in [0.5, 0.6) is 5.75 Å². The first kappa shape index (κ1) is 15.8. The van der Waals surface area contributed by atoms with Crippen molar-refractivity contribution in [3.63, 3.8) is 0 Å². The quantitative estimate of drug-likeness (QED) is 0.773. The summed E-state index contributed by atoms with van der Waals surface area (Å²) in [5, 5.41) is 12.2. The number of ether oxygens (including phenoxy) is 2. The van der Waals surface area contributed by atoms with Gasteiger partial charge in [0.05, 0.1) is 39.5 Å². The molecule has 0 aromatic heterocycles. The third-order valence-corrected chi connectivity index (χ3v) is 3.53. The normalized spacial score (nSPS) is 19.2. The maximum Gasteiger partial charge on any atom is 0.234 e. The fourth-order valence-corrected chi connectivity index (χ4v) is 2.29. The predicted octanol–water partition coefficient (Wildman–Crippen LogP) is 0.00450. The standard InChI is InChI=1S/C15H22N2O4/c1-20-14-4-2-3-12(7-14)8-16-15(19)9-17-5-6-21-11-13(17)10-18/h2-4,7,13,18H,5-6,8-11H2,1H3,(H,16,19). The molecule has 0 saturated carbocycles. The van der Waals surface area contributed by atoms with Crippen molar-refractivity contribution in [1.29, 1.82) is 0 Å². The molecule has 1 heterocycles. The second-order valence-corrected chi connectivity index (χ2v) is 5.01. The number of nitrogens with one attached hydrogen (secondary N) is 1. The van der Waals surface area contributed by atoms with E-state index in [1.807, 2.05) is 29.2 Å². The van der Waals surface area contributed by atoms with Gasteiger partial charge in [0.15, 0.2) is 0 Å². The van der Waals surface area contributed by atoms with Crippen molar-refractivity contribution < 1.29 is 19.4 Å². The first-order valence-corrected chi connectivity index (χ1v) is 7.05. The molecule has 1 amide bonds. The van der Waals surface area contributed by atoms with Crippen molar-refractivity contribution in [2.75, 3.05) is 40.0 Å². The van der Waals surface area contributed by atoms with Gasteiger partial charge in [0.2, 0.25) is 5.91 Å². The Hall–Kier alpha value is -1.63. The predicted molar refractivity (Wildman–Crippen MR) is 78.1 cm³/mol. The molecule has 0 bridgehead atoms. The molecule has 6 nitrogen and oxygen atoms in total. The van der Waals surface area contributed by atoms with Gasteiger partial charge in [-0.25, -0.2) is 0 Å². The lowest BCUT2D eigenvalue weighted by atomic mass is 10.2. The van der Waals surface area contributed by atoms with E-state index in [1.54, 1.807) is 7.11 Å². The Labute approximate surface area is 124 Å². The SMILES string of the molecule is COc1cccc(CNC(=O)CN2CCOCC2CO)c1. The zero-order chi connectivity index (χ0) is 15.1. The van der Waals surface area contributed by atoms with Crippen LogP contribution in [0.3, 0.4) is 0 Å². The summed E-state index contributed by atoms with van der Waals surface area (Å²) in [5.41, 5.74) is 0.989. The van der Waals surface area contributed by atoms with E-state index in [9.17, 15) is 9.90 Å². The number of aliphatic hydroxyl groups is 1. The molecule has 0 aliphatic carbocycles. The van der Waals surface area contributed by atoms with Gasteiger partial charge >= 0.3 is 0 Å². The Morgan fingerprint density at radius 2 is 2.43 bits per heavy atom. The number of rotatable bonds is 6. The second kappa shape index (κ2) is 7.97. The lowest BCUT2D eigenvalue weighted by molar-refractivity contribution is -0.125. The summed E-state index contributed by atoms with van der Waals surface area (Å²) in [5.74, 6) is 0.716. The monoisotopic (exact) mass is 294 g/mol. The Kier molecular flexibility index (Phi) is 5.98. The number of carbonyl (C=O) groups excluding carboxylic acids is 1. The smallest absolute Gasteiger partial charge is 0.234 e. The van der Waals surface area contributed by atoms with Crippen LogP contribution in [0.2, 0.25) is 0 Å². The Morgan fingerprint density at radius 1 is 1.57 bits per heavy atom. The number of aliphatic hydroxyl groups excluding tert-OH is 1. The first-order chi connectivity index (χ1) is 10.2. The fourth-order valence-electron chi connectivity index (χ4n) is 2.29. The third kappa shape index (κ3) is 4.70. The van der Waals surface area contributed by atoms with Crippen LogP contribution in [-0.4, -0.2) is 62.0 Å². The lowest BCUT2D eigenvalue weighted by Gasteiger charge is -2.33. The van der Waals surface area contributed by atoms with Crippen LogP contribution in [0.15, 0.2) is 24.3 Å². The number of hydrogen-bond acceptors (Lipinski definition) is 5. The molecule has 1 aliphatic heterocycles. The highest BCUT2D eigenvalue weighted by Gasteiger charge is 2.23. The van der Waals surface area contributed by atoms with E-state index in [2.05, 4.69) is 5.32 Å². The molecule has 1 fully saturated rings. The number of hydrogen-bond donors (Lipinski definition) is 2. The van der Waals surface area contributed by atoms with Gasteiger partial charge in [0, 0.05) is 13.1 Å². The molecule has 0 spiro atoms. The van der Waals surface area contributed by atoms with Gasteiger partial charge in [-0.1, -0.05) is 12.1 Å². The van der Waals surface area contributed by atoms with E-state index in [-0.39, 0.29) is 25.1 Å². The zero-order valence-corrected chi connectivity index (χ0v) is 12.2. The van der Waals surface area contributed by atoms with Crippen molar-refractivity contribution in [2.24, 2.45) is 0 Å². The van der Waals surface area contributed by atoms with E-state index in [1.165, 1.54) is 0 Å².